The van der Waals surface area contributed by atoms with Gasteiger partial charge in [0.15, 0.2) is 11.3 Å². The predicted molar refractivity (Wildman–Crippen MR) is 254 cm³/mol. The van der Waals surface area contributed by atoms with Crippen molar-refractivity contribution in [2.75, 3.05) is 26.2 Å². The van der Waals surface area contributed by atoms with Gasteiger partial charge in [0.25, 0.3) is 6.47 Å². The second-order valence-electron chi connectivity index (χ2n) is 18.4. The normalized spacial score (nSPS) is 14.3. The average Bonchev–Trinajstić information content (AvgIpc) is 3.90. The van der Waals surface area contributed by atoms with E-state index in [9.17, 15) is 4.39 Å². The smallest absolute Gasteiger partial charge is 1.00 e. The Balaban J connectivity index is 0.000000256. The maximum absolute atomic E-state index is 15.1. The molecule has 69 heavy (non-hydrogen) atoms. The Labute approximate surface area is 521 Å². The SMILES string of the molecule is CC(C)C.Cc1cn2nc(-c3cc(F)c4cc(C5CCN(C(C)C)CC5)nnc4c3)cc(C)c2n1.Cc1cn2nc(-c3cc(F)c4cc(C5CCNCC5)nnc4c3)cc(C)c2n1.O=CO[O-].[Cs+].[Cs+].[H-]. The average molecular weight is 1180 g/mol. The molecule has 2 aliphatic heterocycles. The number of likely N-dealkylation sites (tertiary alicyclic amines) is 1. The van der Waals surface area contributed by atoms with Gasteiger partial charge in [-0.15, -0.1) is 0 Å². The van der Waals surface area contributed by atoms with Gasteiger partial charge in [0, 0.05) is 39.8 Å². The zero-order valence-corrected chi connectivity index (χ0v) is 54.3. The van der Waals surface area contributed by atoms with E-state index in [1.807, 2.05) is 76.5 Å². The molecule has 15 nitrogen and oxygen atoms in total. The van der Waals surface area contributed by atoms with Crippen molar-refractivity contribution in [3.8, 4) is 22.5 Å². The number of halogens is 2. The summed E-state index contributed by atoms with van der Waals surface area (Å²) in [7, 11) is 0. The van der Waals surface area contributed by atoms with E-state index in [0.717, 1.165) is 103 Å². The molecular formula is C50H60Cs2F2N12O3. The first-order chi connectivity index (χ1) is 32.1. The summed E-state index contributed by atoms with van der Waals surface area (Å²) < 4.78 is 33.6. The van der Waals surface area contributed by atoms with E-state index >= 15 is 4.39 Å². The van der Waals surface area contributed by atoms with E-state index in [0.29, 0.717) is 62.2 Å². The number of piperidine rings is 2. The minimum atomic E-state index is -0.293. The van der Waals surface area contributed by atoms with Crippen LogP contribution < -0.4 is 148 Å². The van der Waals surface area contributed by atoms with Crippen molar-refractivity contribution >= 4 is 39.6 Å². The zero-order valence-electron chi connectivity index (χ0n) is 42.7. The van der Waals surface area contributed by atoms with E-state index in [1.54, 1.807) is 15.1 Å². The topological polar surface area (TPSA) is 177 Å². The molecule has 8 aromatic rings. The summed E-state index contributed by atoms with van der Waals surface area (Å²) in [6.45, 7) is 22.6. The van der Waals surface area contributed by atoms with Crippen LogP contribution in [0.4, 0.5) is 8.78 Å². The molecule has 2 fully saturated rings. The van der Waals surface area contributed by atoms with E-state index in [-0.39, 0.29) is 157 Å². The van der Waals surface area contributed by atoms with Crippen molar-refractivity contribution in [3.63, 3.8) is 0 Å². The van der Waals surface area contributed by atoms with Crippen molar-refractivity contribution in [2.45, 2.75) is 106 Å². The van der Waals surface area contributed by atoms with Crippen molar-refractivity contribution < 1.29 is 163 Å². The fraction of sp³-hybridized carbons (Fsp3) is 0.420. The maximum Gasteiger partial charge on any atom is 1.00 e. The van der Waals surface area contributed by atoms with E-state index in [2.05, 4.69) is 90.3 Å². The summed E-state index contributed by atoms with van der Waals surface area (Å²) in [6.07, 6.45) is 7.83. The molecule has 0 bridgehead atoms. The quantitative estimate of drug-likeness (QED) is 0.146. The van der Waals surface area contributed by atoms with Gasteiger partial charge in [-0.25, -0.2) is 27.8 Å². The largest absolute Gasteiger partial charge is 1.00 e. The molecule has 354 valence electrons. The monoisotopic (exact) mass is 1180 g/mol. The fourth-order valence-electron chi connectivity index (χ4n) is 8.53. The molecule has 0 saturated carbocycles. The molecule has 1 N–H and O–H groups in total. The van der Waals surface area contributed by atoms with Crippen LogP contribution in [0.15, 0.2) is 60.9 Å². The zero-order chi connectivity index (χ0) is 47.9. The van der Waals surface area contributed by atoms with E-state index in [1.165, 1.54) is 6.07 Å². The summed E-state index contributed by atoms with van der Waals surface area (Å²) in [6, 6.07) is 15.0. The summed E-state index contributed by atoms with van der Waals surface area (Å²) in [5, 5.41) is 39.6. The number of nitrogens with zero attached hydrogens (tertiary/aromatic N) is 11. The third kappa shape index (κ3) is 14.7. The third-order valence-electron chi connectivity index (χ3n) is 11.9. The Morgan fingerprint density at radius 3 is 1.46 bits per heavy atom. The summed E-state index contributed by atoms with van der Waals surface area (Å²) in [4.78, 5) is 22.7. The van der Waals surface area contributed by atoms with Crippen LogP contribution in [0.5, 0.6) is 0 Å². The maximum atomic E-state index is 15.1. The summed E-state index contributed by atoms with van der Waals surface area (Å²) in [5.41, 5.74) is 11.0. The number of hydrogen-bond acceptors (Lipinski definition) is 13. The van der Waals surface area contributed by atoms with Gasteiger partial charge in [-0.1, -0.05) is 20.8 Å². The standard InChI is InChI=1S/C24H27FN6.C21H21FN6.C4H10.CH2O3.2Cs.H/c1-14(2)30-7-5-17(6-8-30)21-12-19-20(25)10-18(11-23(19)28-27-21)22-9-15(3)24-26-16(4)13-31(24)29-22;1-12-7-19(27-28-11-13(2)24-21(12)28)15-8-17(22)16-10-18(25-26-20(16)9-15)14-3-5-23-6-4-14;1-4(2)3;2-1-4-3;;;/h9-14,17H,5-8H2,1-4H3;7-11,14,23H,3-6H2,1-2H3;4H,1-3H3;1,3H;;;/q;;;;2*+1;-1/p-1. The first-order valence-corrected chi connectivity index (χ1v) is 22.9. The first-order valence-electron chi connectivity index (χ1n) is 22.9. The van der Waals surface area contributed by atoms with Crippen LogP contribution in [-0.4, -0.2) is 93.2 Å². The number of aromatic nitrogens is 10. The number of imidazole rings is 2. The van der Waals surface area contributed by atoms with Gasteiger partial charge in [-0.3, -0.25) is 4.79 Å². The molecular weight excluding hydrogens is 1120 g/mol. The number of fused-ring (bicyclic) bond motifs is 4. The molecule has 2 saturated heterocycles. The molecule has 2 aromatic carbocycles. The number of hydrogen-bond donors (Lipinski definition) is 1. The number of aryl methyl sites for hydroxylation is 4. The molecule has 6 aromatic heterocycles. The number of nitrogens with one attached hydrogen (secondary N) is 1. The summed E-state index contributed by atoms with van der Waals surface area (Å²) >= 11 is 0. The van der Waals surface area contributed by atoms with Gasteiger partial charge in [0.1, 0.15) is 11.6 Å². The predicted octanol–water partition coefficient (Wildman–Crippen LogP) is 2.46. The molecule has 2 aliphatic rings. The molecule has 8 heterocycles. The van der Waals surface area contributed by atoms with Gasteiger partial charge in [-0.2, -0.15) is 30.6 Å². The van der Waals surface area contributed by atoms with Crippen LogP contribution >= 0.6 is 0 Å². The fourth-order valence-corrected chi connectivity index (χ4v) is 8.53. The third-order valence-corrected chi connectivity index (χ3v) is 11.9. The van der Waals surface area contributed by atoms with Crippen LogP contribution in [0.2, 0.25) is 0 Å². The second-order valence-corrected chi connectivity index (χ2v) is 18.4. The van der Waals surface area contributed by atoms with Crippen LogP contribution in [0.1, 0.15) is 107 Å². The van der Waals surface area contributed by atoms with Gasteiger partial charge in [0.2, 0.25) is 0 Å². The van der Waals surface area contributed by atoms with E-state index < -0.39 is 0 Å². The number of carbonyl (C=O) groups is 1. The van der Waals surface area contributed by atoms with Gasteiger partial charge < -0.3 is 21.8 Å². The van der Waals surface area contributed by atoms with Crippen molar-refractivity contribution in [3.05, 3.63) is 106 Å². The Morgan fingerprint density at radius 2 is 1.07 bits per heavy atom. The van der Waals surface area contributed by atoms with Gasteiger partial charge in [0.05, 0.1) is 57.6 Å². The van der Waals surface area contributed by atoms with Crippen LogP contribution in [0, 0.1) is 45.2 Å². The summed E-state index contributed by atoms with van der Waals surface area (Å²) in [5.74, 6) is 0.930. The van der Waals surface area contributed by atoms with Crippen molar-refractivity contribution in [1.29, 1.82) is 0 Å². The molecule has 0 amide bonds. The minimum Gasteiger partial charge on any atom is -1.00 e. The first kappa shape index (κ1) is 57.6. The Hall–Kier alpha value is -2.33. The molecule has 0 unspecified atom stereocenters. The molecule has 0 spiro atoms. The van der Waals surface area contributed by atoms with Crippen LogP contribution in [-0.2, 0) is 9.68 Å². The van der Waals surface area contributed by atoms with Gasteiger partial charge >= 0.3 is 138 Å². The molecule has 19 heteroatoms. The van der Waals surface area contributed by atoms with Crippen molar-refractivity contribution in [1.82, 2.24) is 59.8 Å². The molecule has 0 atom stereocenters. The second kappa shape index (κ2) is 26.6. The molecule has 0 aliphatic carbocycles. The molecule has 0 radical (unpaired) electrons. The number of benzene rings is 2. The Morgan fingerprint density at radius 1 is 0.667 bits per heavy atom. The van der Waals surface area contributed by atoms with Crippen molar-refractivity contribution in [2.24, 2.45) is 5.92 Å². The number of carbonyl (C=O) groups excluding carboxylic acids is 1. The number of rotatable bonds is 6. The van der Waals surface area contributed by atoms with Gasteiger partial charge in [-0.05, 0) is 159 Å². The molecule has 10 rings (SSSR count). The van der Waals surface area contributed by atoms with Crippen LogP contribution in [0.3, 0.4) is 0 Å². The minimum absolute atomic E-state index is 0. The Kier molecular flexibility index (Phi) is 22.2. The van der Waals surface area contributed by atoms with Crippen LogP contribution in [0.25, 0.3) is 55.6 Å². The Bertz CT molecular complexity index is 3010. The van der Waals surface area contributed by atoms with E-state index in [4.69, 9.17) is 10.1 Å².